The first kappa shape index (κ1) is 14.5. The fraction of sp³-hybridized carbons (Fsp3) is 0.500. The van der Waals surface area contributed by atoms with Gasteiger partial charge in [0.25, 0.3) is 0 Å². The van der Waals surface area contributed by atoms with Gasteiger partial charge in [0.15, 0.2) is 0 Å². The summed E-state index contributed by atoms with van der Waals surface area (Å²) in [6.07, 6.45) is 0. The summed E-state index contributed by atoms with van der Waals surface area (Å²) in [5, 5.41) is 0. The maximum absolute atomic E-state index is 11.5. The SMILES string of the molecule is COC(=O)C(C)(C)COc1ccc([C@H](C)N)cc1. The number of hydrogen-bond acceptors (Lipinski definition) is 4. The molecule has 0 amide bonds. The Kier molecular flexibility index (Phi) is 4.73. The highest BCUT2D eigenvalue weighted by atomic mass is 16.5. The normalized spacial score (nSPS) is 12.9. The van der Waals surface area contributed by atoms with Gasteiger partial charge in [-0.2, -0.15) is 0 Å². The molecule has 0 unspecified atom stereocenters. The maximum atomic E-state index is 11.5. The van der Waals surface area contributed by atoms with Crippen molar-refractivity contribution in [2.75, 3.05) is 13.7 Å². The van der Waals surface area contributed by atoms with Gasteiger partial charge in [-0.05, 0) is 38.5 Å². The number of methoxy groups -OCH3 is 1. The van der Waals surface area contributed by atoms with Crippen LogP contribution in [-0.4, -0.2) is 19.7 Å². The van der Waals surface area contributed by atoms with Crippen LogP contribution in [-0.2, 0) is 9.53 Å². The summed E-state index contributed by atoms with van der Waals surface area (Å²) < 4.78 is 10.3. The van der Waals surface area contributed by atoms with E-state index in [0.717, 1.165) is 11.3 Å². The van der Waals surface area contributed by atoms with Crippen molar-refractivity contribution in [3.63, 3.8) is 0 Å². The zero-order chi connectivity index (χ0) is 13.8. The summed E-state index contributed by atoms with van der Waals surface area (Å²) >= 11 is 0. The molecule has 1 atom stereocenters. The minimum Gasteiger partial charge on any atom is -0.492 e. The number of carbonyl (C=O) groups excluding carboxylic acids is 1. The zero-order valence-electron chi connectivity index (χ0n) is 11.4. The molecule has 0 spiro atoms. The van der Waals surface area contributed by atoms with Crippen molar-refractivity contribution >= 4 is 5.97 Å². The quantitative estimate of drug-likeness (QED) is 0.816. The first-order valence-electron chi connectivity index (χ1n) is 5.93. The molecule has 0 aromatic heterocycles. The molecule has 0 bridgehead atoms. The molecule has 0 aliphatic rings. The van der Waals surface area contributed by atoms with Crippen LogP contribution in [0, 0.1) is 5.41 Å². The van der Waals surface area contributed by atoms with Crippen LogP contribution in [0.2, 0.25) is 0 Å². The average Bonchev–Trinajstić information content (AvgIpc) is 2.35. The molecule has 0 aliphatic heterocycles. The van der Waals surface area contributed by atoms with Crippen molar-refractivity contribution in [1.82, 2.24) is 0 Å². The Morgan fingerprint density at radius 3 is 2.33 bits per heavy atom. The van der Waals surface area contributed by atoms with E-state index < -0.39 is 5.41 Å². The van der Waals surface area contributed by atoms with Gasteiger partial charge in [-0.25, -0.2) is 0 Å². The van der Waals surface area contributed by atoms with Crippen LogP contribution in [0.4, 0.5) is 0 Å². The molecule has 2 N–H and O–H groups in total. The molecule has 100 valence electrons. The molecular weight excluding hydrogens is 230 g/mol. The minimum absolute atomic E-state index is 0.00515. The van der Waals surface area contributed by atoms with Gasteiger partial charge in [0, 0.05) is 6.04 Å². The number of rotatable bonds is 5. The molecule has 4 nitrogen and oxygen atoms in total. The number of hydrogen-bond donors (Lipinski definition) is 1. The van der Waals surface area contributed by atoms with E-state index in [1.165, 1.54) is 7.11 Å². The van der Waals surface area contributed by atoms with Crippen molar-refractivity contribution in [2.24, 2.45) is 11.1 Å². The summed E-state index contributed by atoms with van der Waals surface area (Å²) in [4.78, 5) is 11.5. The van der Waals surface area contributed by atoms with Crippen LogP contribution in [0.1, 0.15) is 32.4 Å². The van der Waals surface area contributed by atoms with Crippen LogP contribution in [0.5, 0.6) is 5.75 Å². The fourth-order valence-electron chi connectivity index (χ4n) is 1.47. The van der Waals surface area contributed by atoms with E-state index in [1.54, 1.807) is 13.8 Å². The Bertz CT molecular complexity index is 396. The molecule has 0 aliphatic carbocycles. The molecule has 0 saturated heterocycles. The third-order valence-electron chi connectivity index (χ3n) is 2.74. The van der Waals surface area contributed by atoms with E-state index in [0.29, 0.717) is 0 Å². The highest BCUT2D eigenvalue weighted by molar-refractivity contribution is 5.75. The van der Waals surface area contributed by atoms with E-state index in [4.69, 9.17) is 15.2 Å². The van der Waals surface area contributed by atoms with E-state index in [2.05, 4.69) is 0 Å². The molecular formula is C14H21NO3. The molecule has 1 aromatic rings. The highest BCUT2D eigenvalue weighted by Gasteiger charge is 2.29. The summed E-state index contributed by atoms with van der Waals surface area (Å²) in [6.45, 7) is 5.78. The van der Waals surface area contributed by atoms with Crippen LogP contribution in [0.3, 0.4) is 0 Å². The fourth-order valence-corrected chi connectivity index (χ4v) is 1.47. The Labute approximate surface area is 108 Å². The number of esters is 1. The van der Waals surface area contributed by atoms with Gasteiger partial charge in [0.05, 0.1) is 12.5 Å². The van der Waals surface area contributed by atoms with E-state index in [9.17, 15) is 4.79 Å². The van der Waals surface area contributed by atoms with Gasteiger partial charge in [-0.15, -0.1) is 0 Å². The van der Waals surface area contributed by atoms with E-state index in [-0.39, 0.29) is 18.6 Å². The summed E-state index contributed by atoms with van der Waals surface area (Å²) in [7, 11) is 1.38. The monoisotopic (exact) mass is 251 g/mol. The third-order valence-corrected chi connectivity index (χ3v) is 2.74. The lowest BCUT2D eigenvalue weighted by atomic mass is 9.95. The lowest BCUT2D eigenvalue weighted by Crippen LogP contribution is -2.32. The van der Waals surface area contributed by atoms with Gasteiger partial charge >= 0.3 is 5.97 Å². The molecule has 0 fully saturated rings. The van der Waals surface area contributed by atoms with Crippen LogP contribution >= 0.6 is 0 Å². The van der Waals surface area contributed by atoms with Gasteiger partial charge in [-0.3, -0.25) is 4.79 Å². The van der Waals surface area contributed by atoms with E-state index >= 15 is 0 Å². The second kappa shape index (κ2) is 5.87. The Morgan fingerprint density at radius 1 is 1.33 bits per heavy atom. The number of carbonyl (C=O) groups is 1. The number of ether oxygens (including phenoxy) is 2. The van der Waals surface area contributed by atoms with Crippen molar-refractivity contribution in [3.8, 4) is 5.75 Å². The molecule has 0 radical (unpaired) electrons. The lowest BCUT2D eigenvalue weighted by Gasteiger charge is -2.21. The van der Waals surface area contributed by atoms with Gasteiger partial charge < -0.3 is 15.2 Å². The second-order valence-corrected chi connectivity index (χ2v) is 5.02. The largest absolute Gasteiger partial charge is 0.492 e. The maximum Gasteiger partial charge on any atom is 0.314 e. The molecule has 0 saturated carbocycles. The Balaban J connectivity index is 2.61. The predicted octanol–water partition coefficient (Wildman–Crippen LogP) is 2.28. The number of nitrogens with two attached hydrogens (primary N) is 1. The van der Waals surface area contributed by atoms with E-state index in [1.807, 2.05) is 31.2 Å². The minimum atomic E-state index is -0.658. The molecule has 1 aromatic carbocycles. The van der Waals surface area contributed by atoms with Crippen molar-refractivity contribution in [1.29, 1.82) is 0 Å². The van der Waals surface area contributed by atoms with Crippen LogP contribution in [0.25, 0.3) is 0 Å². The average molecular weight is 251 g/mol. The van der Waals surface area contributed by atoms with Crippen molar-refractivity contribution in [3.05, 3.63) is 29.8 Å². The molecule has 18 heavy (non-hydrogen) atoms. The van der Waals surface area contributed by atoms with Gasteiger partial charge in [0.1, 0.15) is 12.4 Å². The zero-order valence-corrected chi connectivity index (χ0v) is 11.4. The van der Waals surface area contributed by atoms with Crippen molar-refractivity contribution in [2.45, 2.75) is 26.8 Å². The first-order chi connectivity index (χ1) is 8.36. The Hall–Kier alpha value is -1.55. The third kappa shape index (κ3) is 3.74. The molecule has 1 rings (SSSR count). The number of benzene rings is 1. The molecule has 0 heterocycles. The van der Waals surface area contributed by atoms with Crippen LogP contribution in [0.15, 0.2) is 24.3 Å². The highest BCUT2D eigenvalue weighted by Crippen LogP contribution is 2.21. The smallest absolute Gasteiger partial charge is 0.314 e. The standard InChI is InChI=1S/C14H21NO3/c1-10(15)11-5-7-12(8-6-11)18-9-14(2,3)13(16)17-4/h5-8,10H,9,15H2,1-4H3/t10-/m0/s1. The summed E-state index contributed by atoms with van der Waals surface area (Å²) in [5.74, 6) is 0.436. The first-order valence-corrected chi connectivity index (χ1v) is 5.93. The van der Waals surface area contributed by atoms with Gasteiger partial charge in [-0.1, -0.05) is 12.1 Å². The Morgan fingerprint density at radius 2 is 1.89 bits per heavy atom. The van der Waals surface area contributed by atoms with Gasteiger partial charge in [0.2, 0.25) is 0 Å². The topological polar surface area (TPSA) is 61.5 Å². The predicted molar refractivity (Wildman–Crippen MR) is 70.3 cm³/mol. The van der Waals surface area contributed by atoms with Crippen LogP contribution < -0.4 is 10.5 Å². The molecule has 4 heteroatoms. The van der Waals surface area contributed by atoms with Crippen molar-refractivity contribution < 1.29 is 14.3 Å². The summed E-state index contributed by atoms with van der Waals surface area (Å²) in [6, 6.07) is 7.56. The summed E-state index contributed by atoms with van der Waals surface area (Å²) in [5.41, 5.74) is 6.16. The lowest BCUT2D eigenvalue weighted by molar-refractivity contribution is -0.152. The second-order valence-electron chi connectivity index (χ2n) is 5.02.